The summed E-state index contributed by atoms with van der Waals surface area (Å²) in [5.74, 6) is 4.54. The molecule has 0 spiro atoms. The summed E-state index contributed by atoms with van der Waals surface area (Å²) in [6.07, 6.45) is 12.6. The van der Waals surface area contributed by atoms with Crippen LogP contribution in [0.15, 0.2) is 73.3 Å². The van der Waals surface area contributed by atoms with Crippen LogP contribution in [0, 0.1) is 12.3 Å². The van der Waals surface area contributed by atoms with Crippen LogP contribution in [0.3, 0.4) is 0 Å². The lowest BCUT2D eigenvalue weighted by Crippen LogP contribution is -2.12. The zero-order valence-corrected chi connectivity index (χ0v) is 19.6. The van der Waals surface area contributed by atoms with E-state index >= 15 is 0 Å². The van der Waals surface area contributed by atoms with E-state index in [1.54, 1.807) is 23.1 Å². The molecule has 9 nitrogen and oxygen atoms in total. The number of benzene rings is 2. The highest BCUT2D eigenvalue weighted by Gasteiger charge is 2.09. The van der Waals surface area contributed by atoms with Gasteiger partial charge in [-0.15, -0.1) is 6.42 Å². The molecule has 9 heteroatoms. The number of aryl methyl sites for hydroxylation is 1. The predicted molar refractivity (Wildman–Crippen MR) is 142 cm³/mol. The molecule has 3 aromatic heterocycles. The van der Waals surface area contributed by atoms with E-state index in [-0.39, 0.29) is 0 Å². The molecule has 0 aliphatic heterocycles. The number of nitrogens with zero attached hydrogens (tertiary/aromatic N) is 5. The Morgan fingerprint density at radius 2 is 1.94 bits per heavy atom. The number of ether oxygens (including phenoxy) is 1. The van der Waals surface area contributed by atoms with E-state index < -0.39 is 0 Å². The van der Waals surface area contributed by atoms with Gasteiger partial charge in [-0.25, -0.2) is 15.0 Å². The zero-order chi connectivity index (χ0) is 24.9. The van der Waals surface area contributed by atoms with Crippen molar-refractivity contribution in [3.8, 4) is 29.2 Å². The quantitative estimate of drug-likeness (QED) is 0.225. The number of hydrogen-bond acceptors (Lipinski definition) is 8. The summed E-state index contributed by atoms with van der Waals surface area (Å²) in [5.41, 5.74) is 10.6. The Kier molecular flexibility index (Phi) is 6.32. The Morgan fingerprint density at radius 1 is 1.03 bits per heavy atom. The molecule has 5 rings (SSSR count). The van der Waals surface area contributed by atoms with Gasteiger partial charge in [0.1, 0.15) is 18.2 Å². The van der Waals surface area contributed by atoms with Gasteiger partial charge in [-0.1, -0.05) is 5.92 Å². The van der Waals surface area contributed by atoms with Crippen molar-refractivity contribution in [2.75, 3.05) is 29.5 Å². The molecule has 0 saturated heterocycles. The number of nitrogens with one attached hydrogen (secondary N) is 2. The van der Waals surface area contributed by atoms with Crippen LogP contribution in [0.25, 0.3) is 22.0 Å². The Hall–Kier alpha value is -5.10. The van der Waals surface area contributed by atoms with Crippen LogP contribution in [0.1, 0.15) is 5.56 Å². The van der Waals surface area contributed by atoms with E-state index in [1.807, 2.05) is 61.9 Å². The Bertz CT molecular complexity index is 1550. The summed E-state index contributed by atoms with van der Waals surface area (Å²) < 4.78 is 7.81. The molecule has 4 N–H and O–H groups in total. The van der Waals surface area contributed by atoms with Gasteiger partial charge in [-0.2, -0.15) is 5.10 Å². The Morgan fingerprint density at radius 3 is 2.72 bits per heavy atom. The van der Waals surface area contributed by atoms with E-state index in [4.69, 9.17) is 16.9 Å². The monoisotopic (exact) mass is 476 g/mol. The second-order valence-corrected chi connectivity index (χ2v) is 8.14. The topological polar surface area (TPSA) is 116 Å². The molecular formula is C27H24N8O. The molecule has 0 fully saturated rings. The number of fused-ring (bicyclic) bond motifs is 1. The molecule has 0 saturated carbocycles. The van der Waals surface area contributed by atoms with Crippen molar-refractivity contribution in [3.05, 3.63) is 78.9 Å². The van der Waals surface area contributed by atoms with Gasteiger partial charge in [-0.3, -0.25) is 4.68 Å². The van der Waals surface area contributed by atoms with Gasteiger partial charge in [-0.05, 0) is 48.0 Å². The fourth-order valence-corrected chi connectivity index (χ4v) is 3.66. The molecule has 0 aliphatic carbocycles. The highest BCUT2D eigenvalue weighted by molar-refractivity contribution is 5.81. The fourth-order valence-electron chi connectivity index (χ4n) is 3.66. The first kappa shape index (κ1) is 22.7. The van der Waals surface area contributed by atoms with Crippen LogP contribution in [0.5, 0.6) is 5.75 Å². The van der Waals surface area contributed by atoms with Crippen LogP contribution < -0.4 is 21.1 Å². The summed E-state index contributed by atoms with van der Waals surface area (Å²) in [6.45, 7) is 1.01. The third-order valence-corrected chi connectivity index (χ3v) is 5.41. The number of terminal acetylenes is 1. The van der Waals surface area contributed by atoms with E-state index in [1.165, 1.54) is 0 Å². The molecule has 0 bridgehead atoms. The zero-order valence-electron chi connectivity index (χ0n) is 19.6. The standard InChI is InChI=1S/C27H24N8O/c1-3-18-4-6-25-20(10-18)14-31-27(34-25)33-23-11-19(21-15-32-35(2)17-21)12-24(13-23)36-9-8-29-26-7-5-22(28)16-30-26/h1,4-7,10-17H,8-9,28H2,2H3,(H,29,30)(H,31,33,34). The lowest BCUT2D eigenvalue weighted by molar-refractivity contribution is 0.333. The average molecular weight is 477 g/mol. The van der Waals surface area contributed by atoms with Crippen molar-refractivity contribution < 1.29 is 4.74 Å². The van der Waals surface area contributed by atoms with E-state index in [0.29, 0.717) is 30.5 Å². The van der Waals surface area contributed by atoms with Gasteiger partial charge in [0, 0.05) is 47.7 Å². The third kappa shape index (κ3) is 5.34. The number of nitrogen functional groups attached to an aromatic ring is 1. The van der Waals surface area contributed by atoms with Crippen molar-refractivity contribution >= 4 is 34.0 Å². The lowest BCUT2D eigenvalue weighted by atomic mass is 10.1. The smallest absolute Gasteiger partial charge is 0.227 e. The van der Waals surface area contributed by atoms with Crippen LogP contribution in [-0.4, -0.2) is 37.9 Å². The van der Waals surface area contributed by atoms with E-state index in [2.05, 4.69) is 36.6 Å². The molecule has 0 atom stereocenters. The molecule has 0 unspecified atom stereocenters. The minimum absolute atomic E-state index is 0.436. The van der Waals surface area contributed by atoms with E-state index in [0.717, 1.165) is 39.1 Å². The average Bonchev–Trinajstić information content (AvgIpc) is 3.33. The maximum atomic E-state index is 6.05. The molecule has 2 aromatic carbocycles. The van der Waals surface area contributed by atoms with Gasteiger partial charge in [0.2, 0.25) is 5.95 Å². The largest absolute Gasteiger partial charge is 0.492 e. The number of aromatic nitrogens is 5. The van der Waals surface area contributed by atoms with Crippen molar-refractivity contribution in [2.24, 2.45) is 7.05 Å². The van der Waals surface area contributed by atoms with Crippen LogP contribution in [-0.2, 0) is 7.05 Å². The molecule has 0 aliphatic rings. The molecule has 36 heavy (non-hydrogen) atoms. The summed E-state index contributed by atoms with van der Waals surface area (Å²) in [7, 11) is 1.88. The highest BCUT2D eigenvalue weighted by atomic mass is 16.5. The Labute approximate surface area is 208 Å². The highest BCUT2D eigenvalue weighted by Crippen LogP contribution is 2.30. The number of rotatable bonds is 8. The summed E-state index contributed by atoms with van der Waals surface area (Å²) >= 11 is 0. The molecule has 178 valence electrons. The van der Waals surface area contributed by atoms with Gasteiger partial charge in [0.25, 0.3) is 0 Å². The number of nitrogens with two attached hydrogens (primary N) is 1. The maximum absolute atomic E-state index is 6.05. The fraction of sp³-hybridized carbons (Fsp3) is 0.111. The summed E-state index contributed by atoms with van der Waals surface area (Å²) in [6, 6.07) is 15.2. The lowest BCUT2D eigenvalue weighted by Gasteiger charge is -2.13. The first-order valence-electron chi connectivity index (χ1n) is 11.3. The third-order valence-electron chi connectivity index (χ3n) is 5.41. The van der Waals surface area contributed by atoms with E-state index in [9.17, 15) is 0 Å². The first-order valence-corrected chi connectivity index (χ1v) is 11.3. The minimum Gasteiger partial charge on any atom is -0.492 e. The van der Waals surface area contributed by atoms with Crippen molar-refractivity contribution in [1.82, 2.24) is 24.7 Å². The SMILES string of the molecule is C#Cc1ccc2nc(Nc3cc(OCCNc4ccc(N)cn4)cc(-c4cnn(C)c4)c3)ncc2c1. The number of pyridine rings is 1. The van der Waals surface area contributed by atoms with Crippen molar-refractivity contribution in [3.63, 3.8) is 0 Å². The normalized spacial score (nSPS) is 10.7. The molecular weight excluding hydrogens is 452 g/mol. The van der Waals surface area contributed by atoms with Gasteiger partial charge >= 0.3 is 0 Å². The number of hydrogen-bond donors (Lipinski definition) is 3. The first-order chi connectivity index (χ1) is 17.6. The van der Waals surface area contributed by atoms with Crippen LogP contribution in [0.4, 0.5) is 23.1 Å². The van der Waals surface area contributed by atoms with Crippen LogP contribution >= 0.6 is 0 Å². The molecule has 3 heterocycles. The van der Waals surface area contributed by atoms with Crippen LogP contribution in [0.2, 0.25) is 0 Å². The number of anilines is 4. The molecule has 0 amide bonds. The van der Waals surface area contributed by atoms with Crippen molar-refractivity contribution in [1.29, 1.82) is 0 Å². The summed E-state index contributed by atoms with van der Waals surface area (Å²) in [5, 5.41) is 11.7. The summed E-state index contributed by atoms with van der Waals surface area (Å²) in [4.78, 5) is 13.3. The second-order valence-electron chi connectivity index (χ2n) is 8.14. The minimum atomic E-state index is 0.436. The molecule has 5 aromatic rings. The van der Waals surface area contributed by atoms with Gasteiger partial charge in [0.15, 0.2) is 0 Å². The van der Waals surface area contributed by atoms with Gasteiger partial charge in [0.05, 0.1) is 30.1 Å². The maximum Gasteiger partial charge on any atom is 0.227 e. The van der Waals surface area contributed by atoms with Crippen molar-refractivity contribution in [2.45, 2.75) is 0 Å². The van der Waals surface area contributed by atoms with Gasteiger partial charge < -0.3 is 21.1 Å². The second kappa shape index (κ2) is 10.0. The Balaban J connectivity index is 1.35. The molecule has 0 radical (unpaired) electrons. The predicted octanol–water partition coefficient (Wildman–Crippen LogP) is 4.22.